The van der Waals surface area contributed by atoms with Gasteiger partial charge in [-0.25, -0.2) is 0 Å². The molecule has 0 N–H and O–H groups in total. The van der Waals surface area contributed by atoms with Crippen molar-refractivity contribution in [1.29, 1.82) is 0 Å². The smallest absolute Gasteiger partial charge is 0.122 e. The maximum Gasteiger partial charge on any atom is 0.122 e. The summed E-state index contributed by atoms with van der Waals surface area (Å²) in [6.45, 7) is 7.41. The molecule has 4 rings (SSSR count). The normalized spacial score (nSPS) is 19.5. The van der Waals surface area contributed by atoms with E-state index in [-0.39, 0.29) is 12.2 Å². The average molecular weight is 411 g/mol. The summed E-state index contributed by atoms with van der Waals surface area (Å²) in [7, 11) is 0. The van der Waals surface area contributed by atoms with Gasteiger partial charge in [0.05, 0.1) is 13.2 Å². The van der Waals surface area contributed by atoms with E-state index < -0.39 is 0 Å². The number of rotatable bonds is 13. The summed E-state index contributed by atoms with van der Waals surface area (Å²) in [5.74, 6) is 2.00. The maximum atomic E-state index is 6.05. The highest BCUT2D eigenvalue weighted by Gasteiger charge is 2.24. The van der Waals surface area contributed by atoms with Crippen LogP contribution in [0, 0.1) is 0 Å². The first-order valence-electron chi connectivity index (χ1n) is 11.5. The summed E-state index contributed by atoms with van der Waals surface area (Å²) in [5.41, 5.74) is 5.06. The summed E-state index contributed by atoms with van der Waals surface area (Å²) in [6.07, 6.45) is 7.31. The molecule has 0 radical (unpaired) electrons. The third-order valence-electron chi connectivity index (χ3n) is 5.71. The van der Waals surface area contributed by atoms with Gasteiger partial charge in [0.15, 0.2) is 0 Å². The molecule has 2 heterocycles. The molecule has 0 aliphatic carbocycles. The van der Waals surface area contributed by atoms with Gasteiger partial charge in [-0.05, 0) is 72.2 Å². The van der Waals surface area contributed by atoms with Crippen molar-refractivity contribution in [1.82, 2.24) is 0 Å². The molecule has 0 amide bonds. The summed E-state index contributed by atoms with van der Waals surface area (Å²) in [5, 5.41) is 0. The van der Waals surface area contributed by atoms with Crippen LogP contribution in [0.5, 0.6) is 11.5 Å². The highest BCUT2D eigenvalue weighted by atomic mass is 16.6. The minimum atomic E-state index is 0.276. The second-order valence-electron chi connectivity index (χ2n) is 8.38. The monoisotopic (exact) mass is 410 g/mol. The molecule has 30 heavy (non-hydrogen) atoms. The zero-order chi connectivity index (χ0) is 20.8. The molecule has 4 heteroatoms. The van der Waals surface area contributed by atoms with E-state index in [4.69, 9.17) is 18.9 Å². The molecule has 0 saturated carbocycles. The molecule has 2 aromatic rings. The number of ether oxygens (including phenoxy) is 4. The van der Waals surface area contributed by atoms with Crippen molar-refractivity contribution < 1.29 is 18.9 Å². The number of benzene rings is 2. The molecule has 162 valence electrons. The predicted octanol–water partition coefficient (Wildman–Crippen LogP) is 5.59. The van der Waals surface area contributed by atoms with E-state index in [1.165, 1.54) is 35.1 Å². The van der Waals surface area contributed by atoms with Crippen LogP contribution < -0.4 is 9.47 Å². The molecule has 2 atom stereocenters. The molecule has 2 aliphatic heterocycles. The van der Waals surface area contributed by atoms with Crippen LogP contribution >= 0.6 is 0 Å². The molecule has 2 aliphatic rings. The van der Waals surface area contributed by atoms with Crippen molar-refractivity contribution >= 4 is 0 Å². The van der Waals surface area contributed by atoms with Crippen molar-refractivity contribution in [2.24, 2.45) is 0 Å². The average Bonchev–Trinajstić information content (AvgIpc) is 3.69. The number of epoxide rings is 2. The fourth-order valence-electron chi connectivity index (χ4n) is 3.62. The van der Waals surface area contributed by atoms with Gasteiger partial charge in [-0.3, -0.25) is 0 Å². The number of hydrogen-bond acceptors (Lipinski definition) is 4. The van der Waals surface area contributed by atoms with Gasteiger partial charge < -0.3 is 18.9 Å². The Balaban J connectivity index is 1.55. The standard InChI is InChI=1S/C26H34O4/c1-3-5-7-21-13-19(9-11-25(21)29-17-23-15-27-23)20-10-12-26(30-18-24-16-28-24)22(14-20)8-6-4-2/h9-14,23-24H,3-8,15-18H2,1-2H3. The van der Waals surface area contributed by atoms with Gasteiger partial charge in [-0.15, -0.1) is 0 Å². The highest BCUT2D eigenvalue weighted by molar-refractivity contribution is 5.68. The molecular formula is C26H34O4. The number of hydrogen-bond donors (Lipinski definition) is 0. The van der Waals surface area contributed by atoms with Crippen molar-refractivity contribution in [2.75, 3.05) is 26.4 Å². The Bertz CT molecular complexity index is 754. The zero-order valence-electron chi connectivity index (χ0n) is 18.3. The Morgan fingerprint density at radius 3 is 1.53 bits per heavy atom. The predicted molar refractivity (Wildman–Crippen MR) is 120 cm³/mol. The van der Waals surface area contributed by atoms with Crippen LogP contribution in [0.3, 0.4) is 0 Å². The van der Waals surface area contributed by atoms with Crippen LogP contribution in [0.1, 0.15) is 50.7 Å². The van der Waals surface area contributed by atoms with Gasteiger partial charge in [-0.2, -0.15) is 0 Å². The molecule has 0 spiro atoms. The quantitative estimate of drug-likeness (QED) is 0.404. The summed E-state index contributed by atoms with van der Waals surface area (Å²) in [6, 6.07) is 13.2. The Morgan fingerprint density at radius 2 is 1.17 bits per heavy atom. The third-order valence-corrected chi connectivity index (χ3v) is 5.71. The Kier molecular flexibility index (Phi) is 7.29. The number of unbranched alkanes of at least 4 members (excludes halogenated alkanes) is 2. The molecule has 2 saturated heterocycles. The van der Waals surface area contributed by atoms with E-state index in [0.717, 1.165) is 50.4 Å². The van der Waals surface area contributed by atoms with Crippen molar-refractivity contribution in [3.8, 4) is 22.6 Å². The largest absolute Gasteiger partial charge is 0.491 e. The second kappa shape index (κ2) is 10.3. The first kappa shape index (κ1) is 21.2. The summed E-state index contributed by atoms with van der Waals surface area (Å²) >= 11 is 0. The van der Waals surface area contributed by atoms with Gasteiger partial charge in [0, 0.05) is 0 Å². The molecule has 2 unspecified atom stereocenters. The van der Waals surface area contributed by atoms with Gasteiger partial charge in [0.2, 0.25) is 0 Å². The minimum Gasteiger partial charge on any atom is -0.491 e. The van der Waals surface area contributed by atoms with Gasteiger partial charge in [0.1, 0.15) is 36.9 Å². The lowest BCUT2D eigenvalue weighted by atomic mass is 9.96. The van der Waals surface area contributed by atoms with Crippen LogP contribution in [0.4, 0.5) is 0 Å². The van der Waals surface area contributed by atoms with Crippen LogP contribution in [0.2, 0.25) is 0 Å². The fourth-order valence-corrected chi connectivity index (χ4v) is 3.62. The summed E-state index contributed by atoms with van der Waals surface area (Å²) < 4.78 is 22.7. The molecular weight excluding hydrogens is 376 g/mol. The lowest BCUT2D eigenvalue weighted by Gasteiger charge is -2.15. The Hall–Kier alpha value is -2.04. The van der Waals surface area contributed by atoms with Gasteiger partial charge >= 0.3 is 0 Å². The topological polar surface area (TPSA) is 43.5 Å². The third kappa shape index (κ3) is 5.99. The minimum absolute atomic E-state index is 0.276. The zero-order valence-corrected chi connectivity index (χ0v) is 18.3. The van der Waals surface area contributed by atoms with Crippen molar-refractivity contribution in [2.45, 2.75) is 64.6 Å². The Morgan fingerprint density at radius 1 is 0.733 bits per heavy atom. The van der Waals surface area contributed by atoms with Crippen LogP contribution in [-0.2, 0) is 22.3 Å². The molecule has 2 aromatic carbocycles. The molecule has 4 nitrogen and oxygen atoms in total. The molecule has 0 bridgehead atoms. The first-order valence-corrected chi connectivity index (χ1v) is 11.5. The second-order valence-corrected chi connectivity index (χ2v) is 8.38. The first-order chi connectivity index (χ1) is 14.8. The van der Waals surface area contributed by atoms with Gasteiger partial charge in [0.25, 0.3) is 0 Å². The van der Waals surface area contributed by atoms with Crippen LogP contribution in [-0.4, -0.2) is 38.6 Å². The van der Waals surface area contributed by atoms with Crippen molar-refractivity contribution in [3.05, 3.63) is 47.5 Å². The molecule has 2 fully saturated rings. The SMILES string of the molecule is CCCCc1cc(-c2ccc(OCC3CO3)c(CCCC)c2)ccc1OCC1CO1. The fraction of sp³-hybridized carbons (Fsp3) is 0.538. The van der Waals surface area contributed by atoms with E-state index in [0.29, 0.717) is 13.2 Å². The molecule has 0 aromatic heterocycles. The lowest BCUT2D eigenvalue weighted by molar-refractivity contribution is 0.261. The van der Waals surface area contributed by atoms with E-state index in [2.05, 4.69) is 50.2 Å². The van der Waals surface area contributed by atoms with Crippen LogP contribution in [0.25, 0.3) is 11.1 Å². The van der Waals surface area contributed by atoms with Crippen LogP contribution in [0.15, 0.2) is 36.4 Å². The maximum absolute atomic E-state index is 6.05. The number of aryl methyl sites for hydroxylation is 2. The van der Waals surface area contributed by atoms with E-state index >= 15 is 0 Å². The van der Waals surface area contributed by atoms with Gasteiger partial charge in [-0.1, -0.05) is 38.8 Å². The van der Waals surface area contributed by atoms with Crippen molar-refractivity contribution in [3.63, 3.8) is 0 Å². The lowest BCUT2D eigenvalue weighted by Crippen LogP contribution is -2.06. The van der Waals surface area contributed by atoms with E-state index in [1.807, 2.05) is 0 Å². The highest BCUT2D eigenvalue weighted by Crippen LogP contribution is 2.32. The van der Waals surface area contributed by atoms with E-state index in [1.54, 1.807) is 0 Å². The summed E-state index contributed by atoms with van der Waals surface area (Å²) in [4.78, 5) is 0. The Labute approximate surface area is 180 Å². The van der Waals surface area contributed by atoms with E-state index in [9.17, 15) is 0 Å².